The Morgan fingerprint density at radius 3 is 2.33 bits per heavy atom. The molecule has 2 N–H and O–H groups in total. The molecule has 0 radical (unpaired) electrons. The van der Waals surface area contributed by atoms with E-state index in [1.807, 2.05) is 7.05 Å². The summed E-state index contributed by atoms with van der Waals surface area (Å²) in [6, 6.07) is 22.4. The molecule has 0 saturated carbocycles. The molecule has 2 aromatic carbocycles. The number of benzene rings is 2. The van der Waals surface area contributed by atoms with E-state index in [0.717, 1.165) is 51.4 Å². The van der Waals surface area contributed by atoms with E-state index in [-0.39, 0.29) is 0 Å². The highest BCUT2D eigenvalue weighted by Gasteiger charge is 2.20. The molecule has 1 saturated heterocycles. The maximum absolute atomic E-state index is 4.44. The zero-order valence-corrected chi connectivity index (χ0v) is 18.7. The molecule has 1 heterocycles. The summed E-state index contributed by atoms with van der Waals surface area (Å²) in [5, 5.41) is 7.13. The van der Waals surface area contributed by atoms with Gasteiger partial charge in [0.1, 0.15) is 0 Å². The molecule has 1 fully saturated rings. The average molecular weight is 408 g/mol. The second-order valence-corrected chi connectivity index (χ2v) is 8.28. The van der Waals surface area contributed by atoms with Crippen molar-refractivity contribution in [3.05, 3.63) is 66.2 Å². The molecule has 0 spiro atoms. The predicted molar refractivity (Wildman–Crippen MR) is 128 cm³/mol. The van der Waals surface area contributed by atoms with Gasteiger partial charge in [0.15, 0.2) is 5.96 Å². The van der Waals surface area contributed by atoms with Crippen LogP contribution in [0.1, 0.15) is 31.7 Å². The molecular formula is C25H37N5. The van der Waals surface area contributed by atoms with Crippen LogP contribution in [0.25, 0.3) is 0 Å². The van der Waals surface area contributed by atoms with E-state index in [1.54, 1.807) is 0 Å². The Morgan fingerprint density at radius 2 is 1.70 bits per heavy atom. The Hall–Kier alpha value is -2.53. The van der Waals surface area contributed by atoms with E-state index >= 15 is 0 Å². The summed E-state index contributed by atoms with van der Waals surface area (Å²) in [7, 11) is 4.06. The minimum absolute atomic E-state index is 0.481. The zero-order chi connectivity index (χ0) is 21.2. The number of anilines is 1. The number of hydrogen-bond donors (Lipinski definition) is 2. The van der Waals surface area contributed by atoms with Gasteiger partial charge in [-0.1, -0.05) is 48.5 Å². The normalized spacial score (nSPS) is 16.5. The fourth-order valence-corrected chi connectivity index (χ4v) is 3.96. The Balaban J connectivity index is 1.36. The fraction of sp³-hybridized carbons (Fsp3) is 0.480. The highest BCUT2D eigenvalue weighted by molar-refractivity contribution is 5.80. The molecule has 0 aromatic heterocycles. The largest absolute Gasteiger partial charge is 0.371 e. The van der Waals surface area contributed by atoms with Crippen molar-refractivity contribution in [1.29, 1.82) is 0 Å². The van der Waals surface area contributed by atoms with Gasteiger partial charge < -0.3 is 15.5 Å². The van der Waals surface area contributed by atoms with Gasteiger partial charge in [-0.15, -0.1) is 0 Å². The van der Waals surface area contributed by atoms with Gasteiger partial charge in [0, 0.05) is 51.0 Å². The van der Waals surface area contributed by atoms with Crippen LogP contribution in [-0.4, -0.2) is 56.7 Å². The molecule has 5 nitrogen and oxygen atoms in total. The lowest BCUT2D eigenvalue weighted by Gasteiger charge is -2.34. The van der Waals surface area contributed by atoms with Crippen LogP contribution in [-0.2, 0) is 6.54 Å². The Kier molecular flexibility index (Phi) is 8.57. The topological polar surface area (TPSA) is 42.9 Å². The second-order valence-electron chi connectivity index (χ2n) is 8.28. The smallest absolute Gasteiger partial charge is 0.191 e. The molecule has 30 heavy (non-hydrogen) atoms. The van der Waals surface area contributed by atoms with Crippen molar-refractivity contribution in [2.45, 2.75) is 44.8 Å². The molecule has 0 aliphatic carbocycles. The molecule has 0 bridgehead atoms. The molecule has 1 unspecified atom stereocenters. The van der Waals surface area contributed by atoms with Gasteiger partial charge >= 0.3 is 0 Å². The van der Waals surface area contributed by atoms with Crippen LogP contribution >= 0.6 is 0 Å². The van der Waals surface area contributed by atoms with Crippen molar-refractivity contribution in [3.63, 3.8) is 0 Å². The SMILES string of the molecule is CN=C(NCCC(C)N(C)Cc1ccccc1)NC1CCN(c2ccccc2)CC1. The second kappa shape index (κ2) is 11.6. The molecule has 1 aliphatic rings. The number of para-hydroxylation sites is 1. The molecular weight excluding hydrogens is 370 g/mol. The molecule has 1 atom stereocenters. The minimum atomic E-state index is 0.481. The van der Waals surface area contributed by atoms with Crippen LogP contribution < -0.4 is 15.5 Å². The van der Waals surface area contributed by atoms with E-state index in [4.69, 9.17) is 0 Å². The summed E-state index contributed by atoms with van der Waals surface area (Å²) < 4.78 is 0. The van der Waals surface area contributed by atoms with Crippen LogP contribution in [0, 0.1) is 0 Å². The predicted octanol–water partition coefficient (Wildman–Crippen LogP) is 3.73. The number of nitrogens with one attached hydrogen (secondary N) is 2. The fourth-order valence-electron chi connectivity index (χ4n) is 3.96. The van der Waals surface area contributed by atoms with Gasteiger partial charge in [0.05, 0.1) is 0 Å². The van der Waals surface area contributed by atoms with Crippen LogP contribution in [0.15, 0.2) is 65.7 Å². The molecule has 162 valence electrons. The maximum Gasteiger partial charge on any atom is 0.191 e. The Bertz CT molecular complexity index is 754. The first kappa shape index (κ1) is 22.2. The van der Waals surface area contributed by atoms with Gasteiger partial charge in [-0.3, -0.25) is 9.89 Å². The highest BCUT2D eigenvalue weighted by Crippen LogP contribution is 2.19. The third-order valence-electron chi connectivity index (χ3n) is 6.06. The monoisotopic (exact) mass is 407 g/mol. The third-order valence-corrected chi connectivity index (χ3v) is 6.06. The first-order valence-corrected chi connectivity index (χ1v) is 11.2. The summed E-state index contributed by atoms with van der Waals surface area (Å²) >= 11 is 0. The number of aliphatic imine (C=N–C) groups is 1. The van der Waals surface area contributed by atoms with E-state index in [0.29, 0.717) is 12.1 Å². The number of guanidine groups is 1. The van der Waals surface area contributed by atoms with E-state index < -0.39 is 0 Å². The first-order chi connectivity index (χ1) is 14.7. The third kappa shape index (κ3) is 6.77. The number of hydrogen-bond acceptors (Lipinski definition) is 3. The van der Waals surface area contributed by atoms with Crippen LogP contribution in [0.4, 0.5) is 5.69 Å². The summed E-state index contributed by atoms with van der Waals surface area (Å²) in [4.78, 5) is 9.32. The van der Waals surface area contributed by atoms with Crippen molar-refractivity contribution in [1.82, 2.24) is 15.5 Å². The summed E-state index contributed by atoms with van der Waals surface area (Å²) in [6.45, 7) is 6.36. The lowest BCUT2D eigenvalue weighted by Crippen LogP contribution is -2.49. The number of piperidine rings is 1. The van der Waals surface area contributed by atoms with Crippen LogP contribution in [0.5, 0.6) is 0 Å². The summed E-state index contributed by atoms with van der Waals surface area (Å²) in [6.07, 6.45) is 3.34. The lowest BCUT2D eigenvalue weighted by atomic mass is 10.0. The lowest BCUT2D eigenvalue weighted by molar-refractivity contribution is 0.238. The minimum Gasteiger partial charge on any atom is -0.371 e. The molecule has 5 heteroatoms. The van der Waals surface area contributed by atoms with Crippen molar-refractivity contribution >= 4 is 11.6 Å². The van der Waals surface area contributed by atoms with Crippen molar-refractivity contribution in [3.8, 4) is 0 Å². The van der Waals surface area contributed by atoms with Crippen molar-refractivity contribution in [2.24, 2.45) is 4.99 Å². The average Bonchev–Trinajstić information content (AvgIpc) is 2.80. The van der Waals surface area contributed by atoms with Crippen molar-refractivity contribution < 1.29 is 0 Å². The van der Waals surface area contributed by atoms with Gasteiger partial charge in [0.2, 0.25) is 0 Å². The van der Waals surface area contributed by atoms with Crippen LogP contribution in [0.3, 0.4) is 0 Å². The Labute approximate surface area is 182 Å². The van der Waals surface area contributed by atoms with Gasteiger partial charge in [0.25, 0.3) is 0 Å². The molecule has 0 amide bonds. The first-order valence-electron chi connectivity index (χ1n) is 11.2. The maximum atomic E-state index is 4.44. The summed E-state index contributed by atoms with van der Waals surface area (Å²) in [5.74, 6) is 0.922. The molecule has 1 aliphatic heterocycles. The van der Waals surface area contributed by atoms with E-state index in [9.17, 15) is 0 Å². The van der Waals surface area contributed by atoms with Gasteiger partial charge in [-0.05, 0) is 50.9 Å². The van der Waals surface area contributed by atoms with Gasteiger partial charge in [-0.25, -0.2) is 0 Å². The van der Waals surface area contributed by atoms with Crippen LogP contribution in [0.2, 0.25) is 0 Å². The quantitative estimate of drug-likeness (QED) is 0.517. The highest BCUT2D eigenvalue weighted by atomic mass is 15.2. The standard InChI is InChI=1S/C25H37N5/c1-21(29(3)20-22-10-6-4-7-11-22)14-17-27-25(26-2)28-23-15-18-30(19-16-23)24-12-8-5-9-13-24/h4-13,21,23H,14-20H2,1-3H3,(H2,26,27,28). The number of nitrogens with zero attached hydrogens (tertiary/aromatic N) is 3. The molecule has 3 rings (SSSR count). The Morgan fingerprint density at radius 1 is 1.07 bits per heavy atom. The molecule has 2 aromatic rings. The van der Waals surface area contributed by atoms with E-state index in [2.05, 4.69) is 100 Å². The van der Waals surface area contributed by atoms with E-state index in [1.165, 1.54) is 11.3 Å². The van der Waals surface area contributed by atoms with Crippen molar-refractivity contribution in [2.75, 3.05) is 38.6 Å². The van der Waals surface area contributed by atoms with Gasteiger partial charge in [-0.2, -0.15) is 0 Å². The number of rotatable bonds is 8. The zero-order valence-electron chi connectivity index (χ0n) is 18.7. The summed E-state index contributed by atoms with van der Waals surface area (Å²) in [5.41, 5.74) is 2.69.